The number of halogens is 6. The van der Waals surface area contributed by atoms with Gasteiger partial charge in [-0.2, -0.15) is 0 Å². The van der Waals surface area contributed by atoms with E-state index in [9.17, 15) is 54.6 Å². The van der Waals surface area contributed by atoms with Crippen LogP contribution in [-0.2, 0) is 111 Å². The summed E-state index contributed by atoms with van der Waals surface area (Å²) in [6.07, 6.45) is -6.49. The van der Waals surface area contributed by atoms with Gasteiger partial charge in [0.15, 0.2) is 33.9 Å². The Kier molecular flexibility index (Phi) is 48.4. The molecule has 7 atom stereocenters. The van der Waals surface area contributed by atoms with Gasteiger partial charge in [-0.25, -0.2) is 44.3 Å². The highest BCUT2D eigenvalue weighted by molar-refractivity contribution is 7.91. The van der Waals surface area contributed by atoms with Gasteiger partial charge in [0.1, 0.15) is 6.10 Å². The third-order valence-corrected chi connectivity index (χ3v) is 26.0. The van der Waals surface area contributed by atoms with E-state index in [4.69, 9.17) is 138 Å². The Morgan fingerprint density at radius 1 is 0.432 bits per heavy atom. The van der Waals surface area contributed by atoms with Gasteiger partial charge >= 0.3 is 11.9 Å². The molecule has 11 N–H and O–H groups in total. The first-order chi connectivity index (χ1) is 59.5. The van der Waals surface area contributed by atoms with Crippen molar-refractivity contribution in [2.75, 3.05) is 192 Å². The molecule has 6 aromatic carbocycles. The van der Waals surface area contributed by atoms with Crippen molar-refractivity contribution >= 4 is 123 Å². The van der Waals surface area contributed by atoms with Crippen LogP contribution in [0.3, 0.4) is 0 Å². The topological polar surface area (TPSA) is 447 Å². The summed E-state index contributed by atoms with van der Waals surface area (Å²) in [6.45, 7) is 13.5. The number of nitrogens with zero attached hydrogens (tertiary/aromatic N) is 3. The molecular formula is C84H115Cl6N7O25S3. The molecule has 41 heteroatoms. The number of ketones is 1. The number of aliphatic carboxylic acids is 2. The number of rotatable bonds is 50. The van der Waals surface area contributed by atoms with Crippen molar-refractivity contribution < 1.29 is 118 Å². The number of carbonyl (C=O) groups is 4. The number of likely N-dealkylation sites (N-methyl/N-ethyl adjacent to an activating group) is 3. The maximum absolute atomic E-state index is 12.8. The molecule has 0 fully saturated rings. The van der Waals surface area contributed by atoms with Gasteiger partial charge in [-0.15, -0.1) is 0 Å². The third kappa shape index (κ3) is 36.5. The Hall–Kier alpha value is -5.77. The lowest BCUT2D eigenvalue weighted by Crippen LogP contribution is -2.46. The summed E-state index contributed by atoms with van der Waals surface area (Å²) in [6, 6.07) is 32.1. The fourth-order valence-corrected chi connectivity index (χ4v) is 18.3. The van der Waals surface area contributed by atoms with E-state index < -0.39 is 77.9 Å². The Balaban J connectivity index is 0.000000282. The van der Waals surface area contributed by atoms with E-state index >= 15 is 0 Å². The number of nitrogens with one attached hydrogen (secondary N) is 3. The molecule has 0 bridgehead atoms. The van der Waals surface area contributed by atoms with Crippen LogP contribution in [0.2, 0.25) is 30.1 Å². The minimum absolute atomic E-state index is 0.000831. The minimum atomic E-state index is -3.73. The molecule has 0 aliphatic carbocycles. The maximum Gasteiger partial charge on any atom is 0.335 e. The lowest BCUT2D eigenvalue weighted by atomic mass is 9.85. The number of hydrogen-bond donors (Lipinski definition) is 10. The molecule has 3 aliphatic rings. The first kappa shape index (κ1) is 108. The molecule has 9 rings (SSSR count). The molecule has 1 amide bonds. The Bertz CT molecular complexity index is 4680. The lowest BCUT2D eigenvalue weighted by molar-refractivity contribution is -0.165. The Morgan fingerprint density at radius 3 is 1.12 bits per heavy atom. The van der Waals surface area contributed by atoms with E-state index in [0.29, 0.717) is 127 Å². The minimum Gasteiger partial charge on any atom is -0.479 e. The van der Waals surface area contributed by atoms with E-state index in [1.54, 1.807) is 61.7 Å². The van der Waals surface area contributed by atoms with Crippen molar-refractivity contribution in [3.05, 3.63) is 189 Å². The summed E-state index contributed by atoms with van der Waals surface area (Å²) in [5.74, 6) is -4.83. The first-order valence-corrected chi connectivity index (χ1v) is 47.2. The number of methoxy groups -OCH3 is 1. The van der Waals surface area contributed by atoms with Crippen molar-refractivity contribution in [2.45, 2.75) is 109 Å². The number of benzene rings is 6. The summed E-state index contributed by atoms with van der Waals surface area (Å²) in [5, 5.41) is 58.5. The number of carboxylic acid groups (broad SMARTS) is 2. The molecule has 0 unspecified atom stereocenters. The number of sulfone groups is 1. The average Bonchev–Trinajstić information content (AvgIpc) is 0.783. The summed E-state index contributed by atoms with van der Waals surface area (Å²) >= 11 is 38.1. The van der Waals surface area contributed by atoms with Gasteiger partial charge in [-0.3, -0.25) is 9.59 Å². The third-order valence-electron chi connectivity index (χ3n) is 19.6. The number of nitrogens with two attached hydrogens (primary N) is 1. The predicted molar refractivity (Wildman–Crippen MR) is 475 cm³/mol. The number of amides is 1. The molecule has 0 spiro atoms. The summed E-state index contributed by atoms with van der Waals surface area (Å²) < 4.78 is 129. The number of aliphatic hydroxyl groups excluding tert-OH is 4. The van der Waals surface area contributed by atoms with E-state index in [2.05, 4.69) is 36.5 Å². The Morgan fingerprint density at radius 2 is 0.760 bits per heavy atom. The van der Waals surface area contributed by atoms with Crippen molar-refractivity contribution in [2.24, 2.45) is 5.73 Å². The van der Waals surface area contributed by atoms with Crippen LogP contribution >= 0.6 is 69.6 Å². The monoisotopic (exact) mass is 1930 g/mol. The second kappa shape index (κ2) is 56.1. The predicted octanol–water partition coefficient (Wildman–Crippen LogP) is 7.65. The molecule has 0 saturated carbocycles. The summed E-state index contributed by atoms with van der Waals surface area (Å²) in [4.78, 5) is 50.8. The average molecular weight is 1930 g/mol. The zero-order chi connectivity index (χ0) is 91.8. The highest BCUT2D eigenvalue weighted by Crippen LogP contribution is 2.42. The largest absolute Gasteiger partial charge is 0.479 e. The number of aliphatic hydroxyl groups is 4. The van der Waals surface area contributed by atoms with Gasteiger partial charge in [0.2, 0.25) is 20.0 Å². The molecule has 3 aliphatic heterocycles. The van der Waals surface area contributed by atoms with Crippen LogP contribution in [-0.4, -0.2) is 311 Å². The van der Waals surface area contributed by atoms with Gasteiger partial charge in [0, 0.05) is 147 Å². The normalized spacial score (nSPS) is 16.4. The highest BCUT2D eigenvalue weighted by Gasteiger charge is 2.34. The van der Waals surface area contributed by atoms with Gasteiger partial charge in [0.05, 0.1) is 113 Å². The van der Waals surface area contributed by atoms with Crippen molar-refractivity contribution in [3.8, 4) is 0 Å². The van der Waals surface area contributed by atoms with Crippen LogP contribution in [0.1, 0.15) is 100 Å². The van der Waals surface area contributed by atoms with Crippen molar-refractivity contribution in [1.29, 1.82) is 0 Å². The molecule has 0 aromatic heterocycles. The molecule has 32 nitrogen and oxygen atoms in total. The summed E-state index contributed by atoms with van der Waals surface area (Å²) in [5.41, 5.74) is 14.7. The highest BCUT2D eigenvalue weighted by atomic mass is 35.5. The zero-order valence-corrected chi connectivity index (χ0v) is 77.4. The van der Waals surface area contributed by atoms with Gasteiger partial charge in [-0.05, 0) is 163 Å². The van der Waals surface area contributed by atoms with Crippen LogP contribution in [0.25, 0.3) is 0 Å². The van der Waals surface area contributed by atoms with Crippen LogP contribution in [0.4, 0.5) is 0 Å². The van der Waals surface area contributed by atoms with E-state index in [1.807, 2.05) is 75.6 Å². The van der Waals surface area contributed by atoms with Crippen molar-refractivity contribution in [3.63, 3.8) is 0 Å². The quantitative estimate of drug-likeness (QED) is 0.0164. The zero-order valence-electron chi connectivity index (χ0n) is 70.4. The number of Topliss-reactive ketones (excluding diaryl/α,β-unsaturated/α-hetero) is 1. The van der Waals surface area contributed by atoms with Crippen LogP contribution < -0.4 is 20.5 Å². The summed E-state index contributed by atoms with van der Waals surface area (Å²) in [7, 11) is -3.02. The molecule has 0 saturated heterocycles. The number of carbonyl (C=O) groups excluding carboxylic acids is 2. The smallest absolute Gasteiger partial charge is 0.335 e. The standard InChI is InChI=1S/C34H49Cl2N3O10S.C24H33Cl2N3O5S.C22H27Cl2NO4S.C4H6O6/c1-3-12-46-13-4-5-31(40)32(41)33(42)34(43)37-10-14-47-16-18-49-19-17-48-15-11-38-50(44,45)26-8-6-24(7-9-26)28-22-39(2)23-29-27(28)20-25(35)21-30(29)36;1-29-16-22(21-14-19(25)15-24(26)23(21)17-29)18-2-4-20(5-3-18)35(30,31)28-7-9-33-11-13-34-12-10-32-8-6-27;1-25-14-20(19-12-17(23)13-22(24)21(19)15-25)16-4-6-18(7-5-16)30(26,27)11-3-8-29-10-9-28-2;5-1(3(7)8)2(6)4(9)10/h6-9,20-21,28,32-33,38,41-42H,3-5,10-19,22-23H2,1-2H3,(H,37,43);2-5,14-15,22,28H,6-13,16-17,27H2,1H3;4-7,12-13,20H,3,8-11,14-15H2,1-2H3;1-2,5-6H,(H,7,8)(H,9,10)/t28-,32+,33-;22-;20-;1-,2-/m0000/s1. The van der Waals surface area contributed by atoms with Gasteiger partial charge in [-0.1, -0.05) is 113 Å². The molecule has 696 valence electrons. The second-order valence-electron chi connectivity index (χ2n) is 29.3. The number of fused-ring (bicyclic) bond motifs is 3. The fraction of sp³-hybridized carbons (Fsp3) is 0.524. The van der Waals surface area contributed by atoms with Crippen LogP contribution in [0, 0.1) is 0 Å². The van der Waals surface area contributed by atoms with Gasteiger partial charge in [0.25, 0.3) is 5.91 Å². The van der Waals surface area contributed by atoms with Crippen LogP contribution in [0.15, 0.2) is 124 Å². The van der Waals surface area contributed by atoms with Gasteiger partial charge < -0.3 is 99.0 Å². The van der Waals surface area contributed by atoms with E-state index in [0.717, 1.165) is 89.2 Å². The number of ether oxygens (including phenoxy) is 9. The SMILES string of the molecule is CCCOCCCC(=O)[C@@H](O)[C@H](O)C(=O)NCCOCCOCCOCCNS(=O)(=O)c1ccc([C@@H]2CN(C)Cc3c(Cl)cc(Cl)cc32)cc1.CN1Cc2c(Cl)cc(Cl)cc2[C@H](c2ccc(S(=O)(=O)NCCOCCOCCOCCN)cc2)C1.COCCOCCCS(=O)(=O)c1ccc([C@@H]2CN(C)Cc3c(Cl)cc(Cl)cc32)cc1.O=C(O)[C@@H](O)[C@H](O)C(=O)O. The number of carboxylic acids is 2. The molecule has 6 aromatic rings. The molecular weight excluding hydrogens is 1820 g/mol. The van der Waals surface area contributed by atoms with E-state index in [1.165, 1.54) is 0 Å². The second-order valence-corrected chi connectivity index (χ2v) is 37.5. The van der Waals surface area contributed by atoms with E-state index in [-0.39, 0.29) is 106 Å². The number of hydrogen-bond acceptors (Lipinski definition) is 27. The molecule has 125 heavy (non-hydrogen) atoms. The molecule has 3 heterocycles. The lowest BCUT2D eigenvalue weighted by Gasteiger charge is -2.33. The fourth-order valence-electron chi connectivity index (χ4n) is 13.3. The first-order valence-electron chi connectivity index (χ1n) is 40.3. The molecule has 0 radical (unpaired) electrons. The maximum atomic E-state index is 12.8. The number of sulfonamides is 2. The Labute approximate surface area is 761 Å². The van der Waals surface area contributed by atoms with Crippen molar-refractivity contribution in [1.82, 2.24) is 29.5 Å². The van der Waals surface area contributed by atoms with Crippen LogP contribution in [0.5, 0.6) is 0 Å².